The van der Waals surface area contributed by atoms with E-state index in [1.165, 1.54) is 0 Å². The molecule has 7 heteroatoms. The number of hydrogen-bond acceptors (Lipinski definition) is 4. The number of amides is 2. The van der Waals surface area contributed by atoms with Crippen molar-refractivity contribution in [2.45, 2.75) is 13.8 Å². The number of anilines is 1. The van der Waals surface area contributed by atoms with Crippen LogP contribution in [0.15, 0.2) is 24.3 Å². The number of benzene rings is 1. The van der Waals surface area contributed by atoms with Crippen molar-refractivity contribution in [3.8, 4) is 5.75 Å². The molecule has 1 heterocycles. The highest BCUT2D eigenvalue weighted by Gasteiger charge is 2.28. The van der Waals surface area contributed by atoms with Crippen LogP contribution in [0.25, 0.3) is 0 Å². The Kier molecular flexibility index (Phi) is 7.85. The summed E-state index contributed by atoms with van der Waals surface area (Å²) in [4.78, 5) is 23.7. The first-order chi connectivity index (χ1) is 10.6. The lowest BCUT2D eigenvalue weighted by atomic mass is 9.88. The maximum absolute atomic E-state index is 11.9. The molecule has 0 aromatic heterocycles. The van der Waals surface area contributed by atoms with Crippen molar-refractivity contribution in [1.29, 1.82) is 0 Å². The van der Waals surface area contributed by atoms with E-state index in [-0.39, 0.29) is 36.7 Å². The summed E-state index contributed by atoms with van der Waals surface area (Å²) in [5, 5.41) is 8.56. The number of ether oxygens (including phenoxy) is 1. The first-order valence-corrected chi connectivity index (χ1v) is 7.61. The third kappa shape index (κ3) is 5.73. The molecule has 0 saturated carbocycles. The van der Waals surface area contributed by atoms with Gasteiger partial charge in [0.15, 0.2) is 0 Å². The van der Waals surface area contributed by atoms with Gasteiger partial charge in [-0.05, 0) is 50.2 Å². The lowest BCUT2D eigenvalue weighted by Crippen LogP contribution is -2.50. The van der Waals surface area contributed by atoms with E-state index in [0.29, 0.717) is 18.2 Å². The van der Waals surface area contributed by atoms with Gasteiger partial charge in [-0.25, -0.2) is 0 Å². The van der Waals surface area contributed by atoms with E-state index in [1.807, 2.05) is 13.8 Å². The van der Waals surface area contributed by atoms with Gasteiger partial charge in [0.1, 0.15) is 5.75 Å². The zero-order chi connectivity index (χ0) is 15.9. The Morgan fingerprint density at radius 1 is 1.30 bits per heavy atom. The highest BCUT2D eigenvalue weighted by molar-refractivity contribution is 5.94. The second-order valence-electron chi connectivity index (χ2n) is 5.43. The zero-order valence-corrected chi connectivity index (χ0v) is 14.2. The van der Waals surface area contributed by atoms with E-state index >= 15 is 0 Å². The molecule has 1 unspecified atom stereocenters. The molecule has 1 aromatic rings. The predicted molar refractivity (Wildman–Crippen MR) is 92.0 cm³/mol. The molecule has 3 N–H and O–H groups in total. The summed E-state index contributed by atoms with van der Waals surface area (Å²) in [7, 11) is 0. The van der Waals surface area contributed by atoms with E-state index in [4.69, 9.17) is 4.74 Å². The molecule has 23 heavy (non-hydrogen) atoms. The average molecular weight is 342 g/mol. The van der Waals surface area contributed by atoms with Crippen LogP contribution >= 0.6 is 12.4 Å². The van der Waals surface area contributed by atoms with Crippen LogP contribution in [0.4, 0.5) is 5.69 Å². The van der Waals surface area contributed by atoms with Crippen molar-refractivity contribution >= 4 is 29.9 Å². The maximum atomic E-state index is 11.9. The minimum Gasteiger partial charge on any atom is -0.494 e. The van der Waals surface area contributed by atoms with Crippen LogP contribution in [0.1, 0.15) is 13.8 Å². The van der Waals surface area contributed by atoms with E-state index in [0.717, 1.165) is 18.8 Å². The molecule has 0 bridgehead atoms. The van der Waals surface area contributed by atoms with Gasteiger partial charge in [-0.3, -0.25) is 9.59 Å². The topological polar surface area (TPSA) is 79.5 Å². The number of halogens is 1. The highest BCUT2D eigenvalue weighted by Crippen LogP contribution is 2.16. The van der Waals surface area contributed by atoms with Gasteiger partial charge >= 0.3 is 0 Å². The van der Waals surface area contributed by atoms with Gasteiger partial charge < -0.3 is 20.7 Å². The quantitative estimate of drug-likeness (QED) is 0.700. The molecule has 0 radical (unpaired) electrons. The lowest BCUT2D eigenvalue weighted by Gasteiger charge is -2.31. The van der Waals surface area contributed by atoms with Crippen molar-refractivity contribution < 1.29 is 14.3 Å². The standard InChI is InChI=1S/C16H23N3O3.ClH/c1-3-22-14-6-4-13(5-7-14)19-15(20)10-18-16(21)11(2)12-8-17-9-12;/h4-7,11-12,17H,3,8-10H2,1-2H3,(H,18,21)(H,19,20);1H. The molecular formula is C16H24ClN3O3. The maximum Gasteiger partial charge on any atom is 0.243 e. The minimum absolute atomic E-state index is 0. The van der Waals surface area contributed by atoms with Crippen LogP contribution in [0.5, 0.6) is 5.75 Å². The van der Waals surface area contributed by atoms with Crippen LogP contribution in [-0.2, 0) is 9.59 Å². The number of rotatable bonds is 7. The fourth-order valence-corrected chi connectivity index (χ4v) is 2.21. The fourth-order valence-electron chi connectivity index (χ4n) is 2.21. The normalized spacial score (nSPS) is 14.9. The smallest absolute Gasteiger partial charge is 0.243 e. The van der Waals surface area contributed by atoms with Gasteiger partial charge in [0, 0.05) is 11.6 Å². The van der Waals surface area contributed by atoms with E-state index in [2.05, 4.69) is 16.0 Å². The van der Waals surface area contributed by atoms with Crippen LogP contribution in [0.3, 0.4) is 0 Å². The molecule has 128 valence electrons. The van der Waals surface area contributed by atoms with Gasteiger partial charge in [0.2, 0.25) is 11.8 Å². The third-order valence-corrected chi connectivity index (χ3v) is 3.81. The van der Waals surface area contributed by atoms with E-state index in [1.54, 1.807) is 24.3 Å². The van der Waals surface area contributed by atoms with Crippen molar-refractivity contribution in [3.05, 3.63) is 24.3 Å². The summed E-state index contributed by atoms with van der Waals surface area (Å²) in [5.74, 6) is 0.746. The van der Waals surface area contributed by atoms with Crippen LogP contribution in [0.2, 0.25) is 0 Å². The second-order valence-corrected chi connectivity index (χ2v) is 5.43. The van der Waals surface area contributed by atoms with Crippen LogP contribution < -0.4 is 20.7 Å². The summed E-state index contributed by atoms with van der Waals surface area (Å²) in [6.07, 6.45) is 0. The van der Waals surface area contributed by atoms with Crippen molar-refractivity contribution in [1.82, 2.24) is 10.6 Å². The molecule has 6 nitrogen and oxygen atoms in total. The van der Waals surface area contributed by atoms with Gasteiger partial charge in [0.25, 0.3) is 0 Å². The number of carbonyl (C=O) groups excluding carboxylic acids is 2. The van der Waals surface area contributed by atoms with E-state index in [9.17, 15) is 9.59 Å². The Labute approximate surface area is 142 Å². The predicted octanol–water partition coefficient (Wildman–Crippen LogP) is 1.42. The molecule has 0 aliphatic carbocycles. The van der Waals surface area contributed by atoms with Crippen LogP contribution in [-0.4, -0.2) is 38.1 Å². The second kappa shape index (κ2) is 9.37. The summed E-state index contributed by atoms with van der Waals surface area (Å²) < 4.78 is 5.33. The molecule has 1 fully saturated rings. The van der Waals surface area contributed by atoms with Crippen LogP contribution in [0, 0.1) is 11.8 Å². The minimum atomic E-state index is -0.239. The van der Waals surface area contributed by atoms with Crippen molar-refractivity contribution in [2.75, 3.05) is 31.6 Å². The van der Waals surface area contributed by atoms with Crippen molar-refractivity contribution in [2.24, 2.45) is 11.8 Å². The van der Waals surface area contributed by atoms with Crippen molar-refractivity contribution in [3.63, 3.8) is 0 Å². The molecule has 2 rings (SSSR count). The van der Waals surface area contributed by atoms with Gasteiger partial charge in [0.05, 0.1) is 13.2 Å². The Morgan fingerprint density at radius 2 is 1.96 bits per heavy atom. The number of hydrogen-bond donors (Lipinski definition) is 3. The molecule has 1 aromatic carbocycles. The Balaban J connectivity index is 0.00000264. The number of nitrogens with one attached hydrogen (secondary N) is 3. The largest absolute Gasteiger partial charge is 0.494 e. The number of carbonyl (C=O) groups is 2. The van der Waals surface area contributed by atoms with Gasteiger partial charge in [-0.2, -0.15) is 0 Å². The molecule has 1 aliphatic heterocycles. The van der Waals surface area contributed by atoms with Gasteiger partial charge in [-0.1, -0.05) is 6.92 Å². The zero-order valence-electron chi connectivity index (χ0n) is 13.4. The third-order valence-electron chi connectivity index (χ3n) is 3.81. The lowest BCUT2D eigenvalue weighted by molar-refractivity contribution is -0.128. The molecule has 1 saturated heterocycles. The summed E-state index contributed by atoms with van der Waals surface area (Å²) in [6, 6.07) is 7.13. The Bertz CT molecular complexity index is 518. The molecule has 2 amide bonds. The summed E-state index contributed by atoms with van der Waals surface area (Å²) in [5.41, 5.74) is 0.680. The summed E-state index contributed by atoms with van der Waals surface area (Å²) in [6.45, 7) is 6.13. The first kappa shape index (κ1) is 19.3. The summed E-state index contributed by atoms with van der Waals surface area (Å²) >= 11 is 0. The average Bonchev–Trinajstić information content (AvgIpc) is 2.45. The Morgan fingerprint density at radius 3 is 2.48 bits per heavy atom. The first-order valence-electron chi connectivity index (χ1n) is 7.61. The van der Waals surface area contributed by atoms with Gasteiger partial charge in [-0.15, -0.1) is 12.4 Å². The Hall–Kier alpha value is -1.79. The molecule has 1 aliphatic rings. The SMILES string of the molecule is CCOc1ccc(NC(=O)CNC(=O)C(C)C2CNC2)cc1.Cl. The molecular weight excluding hydrogens is 318 g/mol. The highest BCUT2D eigenvalue weighted by atomic mass is 35.5. The molecule has 1 atom stereocenters. The van der Waals surface area contributed by atoms with E-state index < -0.39 is 0 Å². The fraction of sp³-hybridized carbons (Fsp3) is 0.500. The monoisotopic (exact) mass is 341 g/mol. The molecule has 0 spiro atoms.